The van der Waals surface area contributed by atoms with Crippen LogP contribution in [0.3, 0.4) is 0 Å². The molecule has 1 unspecified atom stereocenters. The summed E-state index contributed by atoms with van der Waals surface area (Å²) in [5, 5.41) is 10.9. The number of thiocarbonyl (C=S) groups is 1. The minimum absolute atomic E-state index is 0.0995. The second-order valence-corrected chi connectivity index (χ2v) is 2.14. The van der Waals surface area contributed by atoms with Crippen LogP contribution in [0, 0.1) is 0 Å². The summed E-state index contributed by atoms with van der Waals surface area (Å²) >= 11 is 4.66. The molecule has 0 spiro atoms. The van der Waals surface area contributed by atoms with E-state index in [1.54, 1.807) is 5.37 Å². The molecule has 0 aromatic carbocycles. The highest BCUT2D eigenvalue weighted by Crippen LogP contribution is 2.04. The smallest absolute Gasteiger partial charge is 0.147 e. The van der Waals surface area contributed by atoms with Crippen LogP contribution in [-0.4, -0.2) is 23.6 Å². The van der Waals surface area contributed by atoms with Gasteiger partial charge < -0.3 is 0 Å². The molecule has 0 fully saturated rings. The molecule has 1 N–H and O–H groups in total. The lowest BCUT2D eigenvalue weighted by atomic mass is 10.4. The third-order valence-electron chi connectivity index (χ3n) is 1.15. The zero-order chi connectivity index (χ0) is 6.69. The van der Waals surface area contributed by atoms with Crippen molar-refractivity contribution in [3.8, 4) is 0 Å². The molecule has 5 heteroatoms. The number of nitrogens with one attached hydrogen (secondary N) is 1. The zero-order valence-electron chi connectivity index (χ0n) is 5.11. The van der Waals surface area contributed by atoms with Crippen molar-refractivity contribution in [3.63, 3.8) is 0 Å². The van der Waals surface area contributed by atoms with Gasteiger partial charge in [0.05, 0.1) is 0 Å². The summed E-state index contributed by atoms with van der Waals surface area (Å²) in [6.45, 7) is 0. The van der Waals surface area contributed by atoms with E-state index in [2.05, 4.69) is 28.1 Å². The van der Waals surface area contributed by atoms with Gasteiger partial charge in [-0.1, -0.05) is 17.4 Å². The van der Waals surface area contributed by atoms with Gasteiger partial charge in [0.25, 0.3) is 0 Å². The maximum atomic E-state index is 4.66. The topological polar surface area (TPSA) is 40.0 Å². The Bertz CT molecular complexity index is 135. The summed E-state index contributed by atoms with van der Waals surface area (Å²) in [4.78, 5) is 0. The molecule has 0 aliphatic carbocycles. The summed E-state index contributed by atoms with van der Waals surface area (Å²) in [7, 11) is 1.88. The standard InChI is InChI=1S/C4H8N4S/c1-8-4(2-3-9)5-6-7-8/h3-4H,2H2,1H3,(H,5,7). The van der Waals surface area contributed by atoms with Crippen molar-refractivity contribution < 1.29 is 0 Å². The van der Waals surface area contributed by atoms with E-state index in [0.717, 1.165) is 6.42 Å². The van der Waals surface area contributed by atoms with E-state index in [1.165, 1.54) is 0 Å². The highest BCUT2D eigenvalue weighted by atomic mass is 32.1. The second-order valence-electron chi connectivity index (χ2n) is 1.81. The van der Waals surface area contributed by atoms with Crippen LogP contribution in [0.25, 0.3) is 0 Å². The number of rotatable bonds is 2. The Hall–Kier alpha value is -0.550. The van der Waals surface area contributed by atoms with Crippen LogP contribution in [0.1, 0.15) is 6.42 Å². The maximum absolute atomic E-state index is 4.66. The Morgan fingerprint density at radius 2 is 2.67 bits per heavy atom. The Balaban J connectivity index is 2.39. The Morgan fingerprint density at radius 3 is 3.11 bits per heavy atom. The van der Waals surface area contributed by atoms with Crippen molar-refractivity contribution in [2.45, 2.75) is 12.6 Å². The lowest BCUT2D eigenvalue weighted by Gasteiger charge is -2.11. The lowest BCUT2D eigenvalue weighted by Crippen LogP contribution is -2.33. The van der Waals surface area contributed by atoms with Crippen LogP contribution in [0.5, 0.6) is 0 Å². The van der Waals surface area contributed by atoms with Gasteiger partial charge in [0.1, 0.15) is 6.17 Å². The fourth-order valence-corrected chi connectivity index (χ4v) is 0.771. The highest BCUT2D eigenvalue weighted by molar-refractivity contribution is 7.78. The quantitative estimate of drug-likeness (QED) is 0.574. The molecule has 1 heterocycles. The second kappa shape index (κ2) is 2.84. The maximum Gasteiger partial charge on any atom is 0.147 e. The van der Waals surface area contributed by atoms with E-state index in [9.17, 15) is 0 Å². The molecule has 1 rings (SSSR count). The number of hydrazine groups is 1. The van der Waals surface area contributed by atoms with Gasteiger partial charge in [-0.2, -0.15) is 5.01 Å². The molecule has 0 bridgehead atoms. The SMILES string of the molecule is CN1NN=NC1CC=S. The Morgan fingerprint density at radius 1 is 1.89 bits per heavy atom. The van der Waals surface area contributed by atoms with Crippen LogP contribution >= 0.6 is 12.2 Å². The normalized spacial score (nSPS) is 26.1. The third kappa shape index (κ3) is 1.43. The minimum atomic E-state index is 0.0995. The number of hydrogen-bond donors (Lipinski definition) is 1. The molecule has 1 atom stereocenters. The monoisotopic (exact) mass is 144 g/mol. The third-order valence-corrected chi connectivity index (χ3v) is 1.34. The van der Waals surface area contributed by atoms with Gasteiger partial charge in [-0.3, -0.25) is 0 Å². The van der Waals surface area contributed by atoms with Gasteiger partial charge in [0.15, 0.2) is 0 Å². The first-order valence-corrected chi connectivity index (χ1v) is 3.13. The van der Waals surface area contributed by atoms with Crippen LogP contribution in [-0.2, 0) is 0 Å². The van der Waals surface area contributed by atoms with Crippen molar-refractivity contribution in [1.82, 2.24) is 10.5 Å². The largest absolute Gasteiger partial charge is 0.220 e. The van der Waals surface area contributed by atoms with E-state index in [1.807, 2.05) is 12.1 Å². The van der Waals surface area contributed by atoms with Crippen LogP contribution in [0.4, 0.5) is 0 Å². The molecule has 0 aromatic heterocycles. The molecule has 0 aromatic rings. The summed E-state index contributed by atoms with van der Waals surface area (Å²) in [6.07, 6.45) is 0.866. The van der Waals surface area contributed by atoms with Crippen molar-refractivity contribution in [2.75, 3.05) is 7.05 Å². The summed E-state index contributed by atoms with van der Waals surface area (Å²) in [6, 6.07) is 0. The number of hydrogen-bond acceptors (Lipinski definition) is 5. The number of nitrogens with zero attached hydrogens (tertiary/aromatic N) is 3. The van der Waals surface area contributed by atoms with E-state index in [4.69, 9.17) is 0 Å². The van der Waals surface area contributed by atoms with Crippen LogP contribution < -0.4 is 5.53 Å². The predicted molar refractivity (Wildman–Crippen MR) is 37.8 cm³/mol. The Kier molecular flexibility index (Phi) is 2.07. The molecule has 1 aliphatic rings. The van der Waals surface area contributed by atoms with Gasteiger partial charge in [0.2, 0.25) is 0 Å². The van der Waals surface area contributed by atoms with Crippen molar-refractivity contribution >= 4 is 17.6 Å². The van der Waals surface area contributed by atoms with Gasteiger partial charge in [-0.25, -0.2) is 5.53 Å². The van der Waals surface area contributed by atoms with E-state index in [-0.39, 0.29) is 6.17 Å². The van der Waals surface area contributed by atoms with Crippen molar-refractivity contribution in [3.05, 3.63) is 0 Å². The van der Waals surface area contributed by atoms with Gasteiger partial charge in [0, 0.05) is 13.5 Å². The first-order valence-electron chi connectivity index (χ1n) is 2.66. The predicted octanol–water partition coefficient (Wildman–Crippen LogP) is 0.520. The molecule has 0 amide bonds. The van der Waals surface area contributed by atoms with Crippen LogP contribution in [0.2, 0.25) is 0 Å². The molecule has 0 radical (unpaired) electrons. The molecule has 50 valence electrons. The minimum Gasteiger partial charge on any atom is -0.220 e. The molecule has 4 nitrogen and oxygen atoms in total. The fourth-order valence-electron chi connectivity index (χ4n) is 0.598. The Labute approximate surface area is 58.9 Å². The van der Waals surface area contributed by atoms with Gasteiger partial charge in [-0.05, 0) is 5.37 Å². The summed E-state index contributed by atoms with van der Waals surface area (Å²) < 4.78 is 0. The van der Waals surface area contributed by atoms with E-state index in [0.29, 0.717) is 0 Å². The molecule has 0 saturated heterocycles. The molecule has 1 aliphatic heterocycles. The average Bonchev–Trinajstić information content (AvgIpc) is 2.18. The highest BCUT2D eigenvalue weighted by Gasteiger charge is 2.15. The van der Waals surface area contributed by atoms with Crippen molar-refractivity contribution in [2.24, 2.45) is 10.3 Å². The first kappa shape index (κ1) is 6.57. The fraction of sp³-hybridized carbons (Fsp3) is 0.750. The van der Waals surface area contributed by atoms with Crippen LogP contribution in [0.15, 0.2) is 10.3 Å². The first-order chi connectivity index (χ1) is 4.34. The van der Waals surface area contributed by atoms with E-state index < -0.39 is 0 Å². The van der Waals surface area contributed by atoms with Gasteiger partial charge in [-0.15, -0.1) is 5.11 Å². The van der Waals surface area contributed by atoms with E-state index >= 15 is 0 Å². The van der Waals surface area contributed by atoms with Gasteiger partial charge >= 0.3 is 0 Å². The summed E-state index contributed by atoms with van der Waals surface area (Å²) in [5.41, 5.74) is 2.68. The molecular formula is C4H8N4S. The molecule has 9 heavy (non-hydrogen) atoms. The summed E-state index contributed by atoms with van der Waals surface area (Å²) in [5.74, 6) is 0. The average molecular weight is 144 g/mol. The molecular weight excluding hydrogens is 136 g/mol. The lowest BCUT2D eigenvalue weighted by molar-refractivity contribution is 0.226. The zero-order valence-corrected chi connectivity index (χ0v) is 5.93. The molecule has 0 saturated carbocycles. The van der Waals surface area contributed by atoms with Crippen molar-refractivity contribution in [1.29, 1.82) is 0 Å².